The van der Waals surface area contributed by atoms with Crippen LogP contribution >= 0.6 is 0 Å². The zero-order valence-corrected chi connectivity index (χ0v) is 13.5. The number of nitrogens with zero attached hydrogens (tertiary/aromatic N) is 2. The van der Waals surface area contributed by atoms with Gasteiger partial charge in [-0.15, -0.1) is 0 Å². The summed E-state index contributed by atoms with van der Waals surface area (Å²) in [5.41, 5.74) is 1.90. The first-order chi connectivity index (χ1) is 11.2. The van der Waals surface area contributed by atoms with Gasteiger partial charge in [-0.05, 0) is 50.4 Å². The smallest absolute Gasteiger partial charge is 0.145 e. The number of hydrogen-bond acceptors (Lipinski definition) is 4. The standard InChI is InChI=1S/C18H24FN3O/c1-2-20-15(9-11-23)6-5-8-18-16(19)12-14(13-22-18)17-7-3-4-10-21-17/h3-4,7,10,12-13,15,20,23H,2,5-6,8-9,11H2,1H3/t15-/m0/s1. The Bertz CT molecular complexity index is 586. The molecule has 1 atom stereocenters. The van der Waals surface area contributed by atoms with Crippen LogP contribution in [0.5, 0.6) is 0 Å². The molecule has 0 radical (unpaired) electrons. The molecular formula is C18H24FN3O. The minimum Gasteiger partial charge on any atom is -0.396 e. The molecule has 2 aromatic heterocycles. The third-order valence-corrected chi connectivity index (χ3v) is 3.81. The second-order valence-corrected chi connectivity index (χ2v) is 5.53. The maximum Gasteiger partial charge on any atom is 0.145 e. The molecule has 124 valence electrons. The van der Waals surface area contributed by atoms with Crippen LogP contribution < -0.4 is 5.32 Å². The van der Waals surface area contributed by atoms with E-state index >= 15 is 0 Å². The number of nitrogens with one attached hydrogen (secondary N) is 1. The number of pyridine rings is 2. The van der Waals surface area contributed by atoms with Crippen molar-refractivity contribution in [1.82, 2.24) is 15.3 Å². The highest BCUT2D eigenvalue weighted by Crippen LogP contribution is 2.19. The third-order valence-electron chi connectivity index (χ3n) is 3.81. The molecule has 2 heterocycles. The molecule has 4 nitrogen and oxygen atoms in total. The number of rotatable bonds is 9. The maximum atomic E-state index is 14.2. The van der Waals surface area contributed by atoms with E-state index < -0.39 is 0 Å². The van der Waals surface area contributed by atoms with Gasteiger partial charge in [0.05, 0.1) is 11.4 Å². The second kappa shape index (κ2) is 9.33. The van der Waals surface area contributed by atoms with Crippen molar-refractivity contribution in [3.8, 4) is 11.3 Å². The highest BCUT2D eigenvalue weighted by molar-refractivity contribution is 5.57. The van der Waals surface area contributed by atoms with E-state index in [0.29, 0.717) is 17.7 Å². The molecule has 2 N–H and O–H groups in total. The van der Waals surface area contributed by atoms with Crippen molar-refractivity contribution in [3.63, 3.8) is 0 Å². The molecule has 0 aliphatic heterocycles. The summed E-state index contributed by atoms with van der Waals surface area (Å²) in [5, 5.41) is 12.4. The molecule has 2 aromatic rings. The average molecular weight is 317 g/mol. The Hall–Kier alpha value is -1.85. The molecule has 0 aromatic carbocycles. The van der Waals surface area contributed by atoms with Crippen LogP contribution in [0.4, 0.5) is 4.39 Å². The van der Waals surface area contributed by atoms with Crippen LogP contribution in [0.2, 0.25) is 0 Å². The molecule has 2 rings (SSSR count). The summed E-state index contributed by atoms with van der Waals surface area (Å²) in [4.78, 5) is 8.47. The number of aromatic nitrogens is 2. The summed E-state index contributed by atoms with van der Waals surface area (Å²) < 4.78 is 14.2. The van der Waals surface area contributed by atoms with Gasteiger partial charge in [0.25, 0.3) is 0 Å². The van der Waals surface area contributed by atoms with E-state index in [4.69, 9.17) is 5.11 Å². The van der Waals surface area contributed by atoms with Gasteiger partial charge >= 0.3 is 0 Å². The fourth-order valence-electron chi connectivity index (χ4n) is 2.63. The molecule has 0 bridgehead atoms. The zero-order valence-electron chi connectivity index (χ0n) is 13.5. The van der Waals surface area contributed by atoms with Crippen LogP contribution in [0.25, 0.3) is 11.3 Å². The van der Waals surface area contributed by atoms with Crippen molar-refractivity contribution < 1.29 is 9.50 Å². The Morgan fingerprint density at radius 2 is 2.13 bits per heavy atom. The summed E-state index contributed by atoms with van der Waals surface area (Å²) in [6.45, 7) is 3.08. The fourth-order valence-corrected chi connectivity index (χ4v) is 2.63. The average Bonchev–Trinajstić information content (AvgIpc) is 2.57. The molecule has 0 saturated heterocycles. The van der Waals surface area contributed by atoms with E-state index in [1.807, 2.05) is 25.1 Å². The lowest BCUT2D eigenvalue weighted by molar-refractivity contribution is 0.260. The molecular weight excluding hydrogens is 293 g/mol. The number of aryl methyl sites for hydroxylation is 1. The lowest BCUT2D eigenvalue weighted by Gasteiger charge is -2.16. The van der Waals surface area contributed by atoms with Crippen LogP contribution in [-0.4, -0.2) is 34.3 Å². The third kappa shape index (κ3) is 5.37. The minimum atomic E-state index is -0.282. The van der Waals surface area contributed by atoms with E-state index in [9.17, 15) is 4.39 Å². The monoisotopic (exact) mass is 317 g/mol. The van der Waals surface area contributed by atoms with Crippen molar-refractivity contribution in [1.29, 1.82) is 0 Å². The van der Waals surface area contributed by atoms with E-state index in [0.717, 1.165) is 31.5 Å². The SMILES string of the molecule is CCN[C@H](CCO)CCCc1ncc(-c2ccccn2)cc1F. The summed E-state index contributed by atoms with van der Waals surface area (Å²) >= 11 is 0. The van der Waals surface area contributed by atoms with E-state index in [-0.39, 0.29) is 18.5 Å². The molecule has 0 aliphatic rings. The van der Waals surface area contributed by atoms with Crippen molar-refractivity contribution >= 4 is 0 Å². The van der Waals surface area contributed by atoms with Gasteiger partial charge in [-0.1, -0.05) is 13.0 Å². The van der Waals surface area contributed by atoms with Gasteiger partial charge in [0, 0.05) is 30.6 Å². The Morgan fingerprint density at radius 1 is 1.26 bits per heavy atom. The Morgan fingerprint density at radius 3 is 2.78 bits per heavy atom. The van der Waals surface area contributed by atoms with Gasteiger partial charge in [0.15, 0.2) is 0 Å². The first kappa shape index (κ1) is 17.5. The normalized spacial score (nSPS) is 12.3. The Balaban J connectivity index is 1.93. The Kier molecular flexibility index (Phi) is 7.10. The molecule has 0 unspecified atom stereocenters. The first-order valence-electron chi connectivity index (χ1n) is 8.14. The van der Waals surface area contributed by atoms with Gasteiger partial charge in [-0.25, -0.2) is 4.39 Å². The quantitative estimate of drug-likeness (QED) is 0.746. The number of hydrogen-bond donors (Lipinski definition) is 2. The van der Waals surface area contributed by atoms with Crippen molar-refractivity contribution in [2.45, 2.75) is 38.6 Å². The van der Waals surface area contributed by atoms with Crippen LogP contribution in [0, 0.1) is 5.82 Å². The molecule has 5 heteroatoms. The molecule has 0 saturated carbocycles. The molecule has 0 aliphatic carbocycles. The summed E-state index contributed by atoms with van der Waals surface area (Å²) in [7, 11) is 0. The minimum absolute atomic E-state index is 0.170. The van der Waals surface area contributed by atoms with Gasteiger partial charge in [0.1, 0.15) is 5.82 Å². The van der Waals surface area contributed by atoms with Gasteiger partial charge in [-0.2, -0.15) is 0 Å². The maximum absolute atomic E-state index is 14.2. The molecule has 0 amide bonds. The van der Waals surface area contributed by atoms with Crippen LogP contribution in [-0.2, 0) is 6.42 Å². The molecule has 0 spiro atoms. The highest BCUT2D eigenvalue weighted by Gasteiger charge is 2.10. The van der Waals surface area contributed by atoms with Crippen LogP contribution in [0.3, 0.4) is 0 Å². The molecule has 0 fully saturated rings. The number of aliphatic hydroxyl groups is 1. The van der Waals surface area contributed by atoms with Gasteiger partial charge in [-0.3, -0.25) is 9.97 Å². The largest absolute Gasteiger partial charge is 0.396 e. The lowest BCUT2D eigenvalue weighted by atomic mass is 10.0. The topological polar surface area (TPSA) is 58.0 Å². The lowest BCUT2D eigenvalue weighted by Crippen LogP contribution is -2.29. The van der Waals surface area contributed by atoms with Gasteiger partial charge in [0.2, 0.25) is 0 Å². The van der Waals surface area contributed by atoms with Gasteiger partial charge < -0.3 is 10.4 Å². The van der Waals surface area contributed by atoms with E-state index in [1.165, 1.54) is 6.07 Å². The van der Waals surface area contributed by atoms with Crippen LogP contribution in [0.1, 0.15) is 31.9 Å². The summed E-state index contributed by atoms with van der Waals surface area (Å²) in [6, 6.07) is 7.32. The van der Waals surface area contributed by atoms with Crippen molar-refractivity contribution in [3.05, 3.63) is 48.2 Å². The van der Waals surface area contributed by atoms with Crippen molar-refractivity contribution in [2.24, 2.45) is 0 Å². The number of aliphatic hydroxyl groups excluding tert-OH is 1. The highest BCUT2D eigenvalue weighted by atomic mass is 19.1. The predicted molar refractivity (Wildman–Crippen MR) is 89.5 cm³/mol. The predicted octanol–water partition coefficient (Wildman–Crippen LogP) is 2.97. The van der Waals surface area contributed by atoms with E-state index in [2.05, 4.69) is 15.3 Å². The second-order valence-electron chi connectivity index (χ2n) is 5.53. The summed E-state index contributed by atoms with van der Waals surface area (Å²) in [6.07, 6.45) is 6.42. The van der Waals surface area contributed by atoms with Crippen molar-refractivity contribution in [2.75, 3.05) is 13.2 Å². The Labute approximate surface area is 136 Å². The molecule has 23 heavy (non-hydrogen) atoms. The fraction of sp³-hybridized carbons (Fsp3) is 0.444. The van der Waals surface area contributed by atoms with Crippen LogP contribution in [0.15, 0.2) is 36.7 Å². The first-order valence-corrected chi connectivity index (χ1v) is 8.14. The van der Waals surface area contributed by atoms with E-state index in [1.54, 1.807) is 12.4 Å². The number of halogens is 1. The zero-order chi connectivity index (χ0) is 16.5. The summed E-state index contributed by atoms with van der Waals surface area (Å²) in [5.74, 6) is -0.282.